The van der Waals surface area contributed by atoms with Crippen LogP contribution in [0.5, 0.6) is 5.88 Å². The molecule has 0 bridgehead atoms. The number of aromatic nitrogens is 1. The second-order valence-electron chi connectivity index (χ2n) is 6.08. The standard InChI is InChI=1S/C15H16F4N2O4/c1-14(13(23)24)4-5-21(7-14)11(22)9-2-3-10(20-6-9)25-8-15(18,19)12(16)17/h2-3,6,12H,4-5,7-8H2,1H3,(H,23,24). The van der Waals surface area contributed by atoms with E-state index in [1.807, 2.05) is 0 Å². The fraction of sp³-hybridized carbons (Fsp3) is 0.533. The Kier molecular flexibility index (Phi) is 5.19. The van der Waals surface area contributed by atoms with Gasteiger partial charge in [-0.05, 0) is 19.4 Å². The number of alkyl halides is 4. The number of carboxylic acids is 1. The number of hydrogen-bond acceptors (Lipinski definition) is 4. The van der Waals surface area contributed by atoms with Crippen LogP contribution in [0.1, 0.15) is 23.7 Å². The number of rotatable bonds is 6. The highest BCUT2D eigenvalue weighted by Gasteiger charge is 2.43. The van der Waals surface area contributed by atoms with Gasteiger partial charge < -0.3 is 14.7 Å². The van der Waals surface area contributed by atoms with E-state index in [4.69, 9.17) is 5.11 Å². The maximum absolute atomic E-state index is 12.8. The molecule has 1 aromatic rings. The van der Waals surface area contributed by atoms with Crippen LogP contribution < -0.4 is 4.74 Å². The van der Waals surface area contributed by atoms with Crippen molar-refractivity contribution in [1.82, 2.24) is 9.88 Å². The fourth-order valence-electron chi connectivity index (χ4n) is 2.32. The summed E-state index contributed by atoms with van der Waals surface area (Å²) in [6.07, 6.45) is -2.48. The zero-order valence-electron chi connectivity index (χ0n) is 13.2. The molecule has 1 fully saturated rings. The largest absolute Gasteiger partial charge is 0.481 e. The highest BCUT2D eigenvalue weighted by molar-refractivity contribution is 5.94. The van der Waals surface area contributed by atoms with E-state index in [-0.39, 0.29) is 24.5 Å². The molecule has 25 heavy (non-hydrogen) atoms. The normalized spacial score (nSPS) is 20.8. The number of aliphatic carboxylic acids is 1. The highest BCUT2D eigenvalue weighted by atomic mass is 19.3. The first-order valence-electron chi connectivity index (χ1n) is 7.33. The van der Waals surface area contributed by atoms with Crippen molar-refractivity contribution in [3.63, 3.8) is 0 Å². The predicted octanol–water partition coefficient (Wildman–Crippen LogP) is 2.30. The maximum atomic E-state index is 12.8. The summed E-state index contributed by atoms with van der Waals surface area (Å²) in [5.41, 5.74) is -0.907. The van der Waals surface area contributed by atoms with Crippen LogP contribution in [0.15, 0.2) is 18.3 Å². The van der Waals surface area contributed by atoms with Crippen molar-refractivity contribution in [2.45, 2.75) is 25.7 Å². The molecular formula is C15H16F4N2O4. The lowest BCUT2D eigenvalue weighted by molar-refractivity contribution is -0.148. The molecule has 0 aromatic carbocycles. The second kappa shape index (κ2) is 6.85. The van der Waals surface area contributed by atoms with Crippen LogP contribution in [-0.4, -0.2) is 58.9 Å². The molecule has 0 saturated carbocycles. The molecule has 1 amide bonds. The van der Waals surface area contributed by atoms with Gasteiger partial charge in [-0.3, -0.25) is 9.59 Å². The minimum Gasteiger partial charge on any atom is -0.481 e. The molecule has 2 rings (SSSR count). The molecular weight excluding hydrogens is 348 g/mol. The van der Waals surface area contributed by atoms with Gasteiger partial charge in [0, 0.05) is 25.4 Å². The number of carbonyl (C=O) groups excluding carboxylic acids is 1. The van der Waals surface area contributed by atoms with Crippen molar-refractivity contribution in [3.05, 3.63) is 23.9 Å². The summed E-state index contributed by atoms with van der Waals surface area (Å²) in [6.45, 7) is 0.315. The van der Waals surface area contributed by atoms with Crippen LogP contribution in [0.25, 0.3) is 0 Å². The molecule has 1 atom stereocenters. The number of ether oxygens (including phenoxy) is 1. The summed E-state index contributed by atoms with van der Waals surface area (Å²) in [5.74, 6) is -6.08. The van der Waals surface area contributed by atoms with Gasteiger partial charge in [0.05, 0.1) is 11.0 Å². The molecule has 1 aromatic heterocycles. The maximum Gasteiger partial charge on any atom is 0.340 e. The van der Waals surface area contributed by atoms with Gasteiger partial charge in [-0.25, -0.2) is 13.8 Å². The molecule has 1 aliphatic heterocycles. The Balaban J connectivity index is 1.98. The Morgan fingerprint density at radius 3 is 2.60 bits per heavy atom. The number of carbonyl (C=O) groups is 2. The van der Waals surface area contributed by atoms with Crippen molar-refractivity contribution in [1.29, 1.82) is 0 Å². The van der Waals surface area contributed by atoms with Gasteiger partial charge in [0.1, 0.15) is 0 Å². The van der Waals surface area contributed by atoms with Crippen LogP contribution in [0, 0.1) is 5.41 Å². The van der Waals surface area contributed by atoms with Gasteiger partial charge in [-0.1, -0.05) is 0 Å². The van der Waals surface area contributed by atoms with E-state index in [9.17, 15) is 27.2 Å². The molecule has 1 aliphatic rings. The van der Waals surface area contributed by atoms with Crippen LogP contribution in [0.4, 0.5) is 17.6 Å². The van der Waals surface area contributed by atoms with E-state index >= 15 is 0 Å². The minimum absolute atomic E-state index is 0.0417. The summed E-state index contributed by atoms with van der Waals surface area (Å²) >= 11 is 0. The lowest BCUT2D eigenvalue weighted by atomic mass is 9.90. The summed E-state index contributed by atoms with van der Waals surface area (Å²) < 4.78 is 54.1. The van der Waals surface area contributed by atoms with Gasteiger partial charge in [-0.2, -0.15) is 8.78 Å². The third-order valence-electron chi connectivity index (χ3n) is 3.99. The smallest absolute Gasteiger partial charge is 0.340 e. The molecule has 138 valence electrons. The van der Waals surface area contributed by atoms with Gasteiger partial charge in [0.15, 0.2) is 6.61 Å². The quantitative estimate of drug-likeness (QED) is 0.784. The fourth-order valence-corrected chi connectivity index (χ4v) is 2.32. The lowest BCUT2D eigenvalue weighted by Crippen LogP contribution is -2.35. The molecule has 10 heteroatoms. The lowest BCUT2D eigenvalue weighted by Gasteiger charge is -2.20. The zero-order valence-corrected chi connectivity index (χ0v) is 13.2. The van der Waals surface area contributed by atoms with Crippen molar-refractivity contribution < 1.29 is 37.0 Å². The van der Waals surface area contributed by atoms with E-state index in [1.54, 1.807) is 6.92 Å². The molecule has 1 unspecified atom stereocenters. The first kappa shape index (κ1) is 18.9. The third kappa shape index (κ3) is 4.18. The van der Waals surface area contributed by atoms with Gasteiger partial charge in [0.2, 0.25) is 5.88 Å². The Bertz CT molecular complexity index is 653. The van der Waals surface area contributed by atoms with Gasteiger partial charge >= 0.3 is 18.3 Å². The Labute approximate surface area is 140 Å². The van der Waals surface area contributed by atoms with Gasteiger partial charge in [-0.15, -0.1) is 0 Å². The molecule has 0 aliphatic carbocycles. The Morgan fingerprint density at radius 2 is 2.12 bits per heavy atom. The van der Waals surface area contributed by atoms with Crippen LogP contribution in [-0.2, 0) is 4.79 Å². The monoisotopic (exact) mass is 364 g/mol. The Hall–Kier alpha value is -2.39. The zero-order chi connectivity index (χ0) is 18.8. The number of nitrogens with zero attached hydrogens (tertiary/aromatic N) is 2. The van der Waals surface area contributed by atoms with E-state index < -0.39 is 36.2 Å². The van der Waals surface area contributed by atoms with Crippen molar-refractivity contribution in [2.24, 2.45) is 5.41 Å². The molecule has 0 spiro atoms. The summed E-state index contributed by atoms with van der Waals surface area (Å²) in [5, 5.41) is 9.16. The highest BCUT2D eigenvalue weighted by Crippen LogP contribution is 2.31. The number of halogens is 4. The number of carboxylic acid groups (broad SMARTS) is 1. The van der Waals surface area contributed by atoms with Crippen molar-refractivity contribution in [3.8, 4) is 5.88 Å². The SMILES string of the molecule is CC1(C(=O)O)CCN(C(=O)c2ccc(OCC(F)(F)C(F)F)nc2)C1. The number of likely N-dealkylation sites (tertiary alicyclic amines) is 1. The van der Waals surface area contributed by atoms with Crippen LogP contribution in [0.3, 0.4) is 0 Å². The summed E-state index contributed by atoms with van der Waals surface area (Å²) in [6, 6.07) is 2.36. The topological polar surface area (TPSA) is 79.7 Å². The molecule has 0 radical (unpaired) electrons. The number of hydrogen-bond donors (Lipinski definition) is 1. The molecule has 1 N–H and O–H groups in total. The van der Waals surface area contributed by atoms with E-state index in [2.05, 4.69) is 9.72 Å². The minimum atomic E-state index is -4.30. The molecule has 6 nitrogen and oxygen atoms in total. The van der Waals surface area contributed by atoms with E-state index in [1.165, 1.54) is 11.0 Å². The van der Waals surface area contributed by atoms with Crippen molar-refractivity contribution >= 4 is 11.9 Å². The summed E-state index contributed by atoms with van der Waals surface area (Å²) in [7, 11) is 0. The molecule has 1 saturated heterocycles. The first-order valence-corrected chi connectivity index (χ1v) is 7.33. The summed E-state index contributed by atoms with van der Waals surface area (Å²) in [4.78, 5) is 28.5. The first-order chi connectivity index (χ1) is 11.5. The second-order valence-corrected chi connectivity index (χ2v) is 6.08. The van der Waals surface area contributed by atoms with Gasteiger partial charge in [0.25, 0.3) is 5.91 Å². The predicted molar refractivity (Wildman–Crippen MR) is 76.9 cm³/mol. The van der Waals surface area contributed by atoms with Crippen LogP contribution in [0.2, 0.25) is 0 Å². The third-order valence-corrected chi connectivity index (χ3v) is 3.99. The average Bonchev–Trinajstić information content (AvgIpc) is 2.96. The van der Waals surface area contributed by atoms with E-state index in [0.717, 1.165) is 12.3 Å². The van der Waals surface area contributed by atoms with Crippen LogP contribution >= 0.6 is 0 Å². The average molecular weight is 364 g/mol. The number of amides is 1. The Morgan fingerprint density at radius 1 is 1.44 bits per heavy atom. The van der Waals surface area contributed by atoms with Crippen molar-refractivity contribution in [2.75, 3.05) is 19.7 Å². The molecule has 2 heterocycles. The van der Waals surface area contributed by atoms with E-state index in [0.29, 0.717) is 6.42 Å². The number of pyridine rings is 1.